The van der Waals surface area contributed by atoms with Gasteiger partial charge in [-0.2, -0.15) is 0 Å². The first-order valence-electron chi connectivity index (χ1n) is 3.62. The molecule has 0 saturated carbocycles. The maximum Gasteiger partial charge on any atom is 0.335 e. The molecule has 0 aromatic heterocycles. The quantitative estimate of drug-likeness (QED) is 0.600. The van der Waals surface area contributed by atoms with E-state index in [1.807, 2.05) is 6.92 Å². The van der Waals surface area contributed by atoms with E-state index in [0.717, 1.165) is 6.42 Å². The molecule has 0 rings (SSSR count). The van der Waals surface area contributed by atoms with Gasteiger partial charge in [-0.15, -0.1) is 0 Å². The molecular weight excluding hydrogens is 202 g/mol. The molecule has 0 aromatic carbocycles. The minimum atomic E-state index is -4.34. The van der Waals surface area contributed by atoms with Gasteiger partial charge in [0.25, 0.3) is 0 Å². The van der Waals surface area contributed by atoms with Crippen LogP contribution in [0.1, 0.15) is 19.8 Å². The highest BCUT2D eigenvalue weighted by Gasteiger charge is 2.28. The lowest BCUT2D eigenvalue weighted by Crippen LogP contribution is -1.95. The zero-order chi connectivity index (χ0) is 9.83. The summed E-state index contributed by atoms with van der Waals surface area (Å²) in [6, 6.07) is 0. The van der Waals surface area contributed by atoms with Crippen LogP contribution in [0.15, 0.2) is 0 Å². The maximum absolute atomic E-state index is 11.1. The van der Waals surface area contributed by atoms with E-state index in [-0.39, 0.29) is 6.16 Å². The molecule has 1 atom stereocenters. The topological polar surface area (TPSA) is 94.8 Å². The van der Waals surface area contributed by atoms with Crippen molar-refractivity contribution in [3.05, 3.63) is 0 Å². The van der Waals surface area contributed by atoms with Crippen LogP contribution in [-0.4, -0.2) is 26.7 Å². The minimum absolute atomic E-state index is 0.00535. The van der Waals surface area contributed by atoms with Gasteiger partial charge >= 0.3 is 7.60 Å². The van der Waals surface area contributed by atoms with Crippen LogP contribution in [0.2, 0.25) is 0 Å². The summed E-state index contributed by atoms with van der Waals surface area (Å²) in [6.45, 7) is 1.84. The average Bonchev–Trinajstić information content (AvgIpc) is 1.78. The summed E-state index contributed by atoms with van der Waals surface area (Å²) < 4.78 is 21.4. The van der Waals surface area contributed by atoms with E-state index in [2.05, 4.69) is 0 Å². The highest BCUT2D eigenvalue weighted by Crippen LogP contribution is 2.54. The molecule has 5 nitrogen and oxygen atoms in total. The number of hydrogen-bond acceptors (Lipinski definition) is 2. The molecule has 0 aliphatic rings. The van der Waals surface area contributed by atoms with Gasteiger partial charge < -0.3 is 14.7 Å². The molecule has 3 N–H and O–H groups in total. The van der Waals surface area contributed by atoms with E-state index >= 15 is 0 Å². The monoisotopic (exact) mass is 216 g/mol. The Bertz CT molecular complexity index is 220. The molecule has 0 bridgehead atoms. The van der Waals surface area contributed by atoms with E-state index in [1.165, 1.54) is 0 Å². The van der Waals surface area contributed by atoms with Crippen LogP contribution in [0.3, 0.4) is 0 Å². The molecular formula is C5H14O5P2. The Labute approximate surface area is 71.4 Å². The Kier molecular flexibility index (Phi) is 4.67. The summed E-state index contributed by atoms with van der Waals surface area (Å²) in [6.07, 6.45) is 1.26. The van der Waals surface area contributed by atoms with Crippen LogP contribution in [-0.2, 0) is 9.13 Å². The Morgan fingerprint density at radius 3 is 2.00 bits per heavy atom. The fraction of sp³-hybridized carbons (Fsp3) is 1.00. The Morgan fingerprint density at radius 1 is 1.17 bits per heavy atom. The van der Waals surface area contributed by atoms with Gasteiger partial charge in [0.15, 0.2) is 0 Å². The summed E-state index contributed by atoms with van der Waals surface area (Å²) in [5.41, 5.74) is 0. The predicted octanol–water partition coefficient (Wildman–Crippen LogP) is 1.19. The SMILES string of the molecule is CCCCP(=O)(O)CP(=O)(O)O. The first-order chi connectivity index (χ1) is 5.27. The number of rotatable bonds is 5. The van der Waals surface area contributed by atoms with E-state index < -0.39 is 20.9 Å². The standard InChI is InChI=1S/C5H14O5P2/c1-2-3-4-11(6,7)5-12(8,9)10/h2-5H2,1H3,(H,6,7)(H2,8,9,10). The van der Waals surface area contributed by atoms with Gasteiger partial charge in [0.1, 0.15) is 5.90 Å². The average molecular weight is 216 g/mol. The van der Waals surface area contributed by atoms with E-state index in [9.17, 15) is 9.13 Å². The van der Waals surface area contributed by atoms with Crippen molar-refractivity contribution in [1.82, 2.24) is 0 Å². The third-order valence-corrected chi connectivity index (χ3v) is 5.52. The second-order valence-corrected chi connectivity index (χ2v) is 7.33. The summed E-state index contributed by atoms with van der Waals surface area (Å²) in [7, 11) is -7.93. The maximum atomic E-state index is 11.1. The fourth-order valence-corrected chi connectivity index (χ4v) is 4.44. The second kappa shape index (κ2) is 4.54. The molecule has 0 aromatic rings. The fourth-order valence-electron chi connectivity index (χ4n) is 0.764. The Morgan fingerprint density at radius 2 is 1.67 bits per heavy atom. The van der Waals surface area contributed by atoms with Crippen molar-refractivity contribution in [2.75, 3.05) is 12.1 Å². The van der Waals surface area contributed by atoms with Gasteiger partial charge in [0.05, 0.1) is 0 Å². The zero-order valence-corrected chi connectivity index (χ0v) is 8.67. The largest absolute Gasteiger partial charge is 0.344 e. The van der Waals surface area contributed by atoms with Gasteiger partial charge in [-0.25, -0.2) is 0 Å². The van der Waals surface area contributed by atoms with Crippen LogP contribution >= 0.6 is 15.0 Å². The Hall–Kier alpha value is 0.340. The lowest BCUT2D eigenvalue weighted by molar-refractivity contribution is 0.376. The molecule has 0 saturated heterocycles. The first kappa shape index (κ1) is 12.3. The lowest BCUT2D eigenvalue weighted by Gasteiger charge is -2.11. The van der Waals surface area contributed by atoms with Gasteiger partial charge in [0.2, 0.25) is 7.37 Å². The van der Waals surface area contributed by atoms with Crippen molar-refractivity contribution in [2.45, 2.75) is 19.8 Å². The van der Waals surface area contributed by atoms with Crippen molar-refractivity contribution in [3.8, 4) is 0 Å². The normalized spacial score (nSPS) is 17.3. The van der Waals surface area contributed by atoms with Crippen molar-refractivity contribution in [3.63, 3.8) is 0 Å². The predicted molar refractivity (Wildman–Crippen MR) is 46.5 cm³/mol. The van der Waals surface area contributed by atoms with E-state index in [1.54, 1.807) is 0 Å². The molecule has 0 aliphatic heterocycles. The third kappa shape index (κ3) is 7.01. The van der Waals surface area contributed by atoms with Crippen LogP contribution in [0.4, 0.5) is 0 Å². The molecule has 7 heteroatoms. The molecule has 0 amide bonds. The molecule has 0 fully saturated rings. The van der Waals surface area contributed by atoms with Crippen molar-refractivity contribution >= 4 is 15.0 Å². The smallest absolute Gasteiger partial charge is 0.335 e. The molecule has 0 radical (unpaired) electrons. The van der Waals surface area contributed by atoms with Crippen LogP contribution in [0.5, 0.6) is 0 Å². The molecule has 1 unspecified atom stereocenters. The van der Waals surface area contributed by atoms with Crippen molar-refractivity contribution in [2.24, 2.45) is 0 Å². The van der Waals surface area contributed by atoms with Gasteiger partial charge in [-0.3, -0.25) is 9.13 Å². The molecule has 74 valence electrons. The zero-order valence-electron chi connectivity index (χ0n) is 6.88. The number of hydrogen-bond donors (Lipinski definition) is 3. The van der Waals surface area contributed by atoms with E-state index in [4.69, 9.17) is 14.7 Å². The number of unbranched alkanes of at least 4 members (excludes halogenated alkanes) is 1. The highest BCUT2D eigenvalue weighted by molar-refractivity contribution is 7.72. The van der Waals surface area contributed by atoms with Crippen LogP contribution in [0.25, 0.3) is 0 Å². The minimum Gasteiger partial charge on any atom is -0.344 e. The Balaban J connectivity index is 4.05. The van der Waals surface area contributed by atoms with E-state index in [0.29, 0.717) is 6.42 Å². The van der Waals surface area contributed by atoms with Gasteiger partial charge in [0, 0.05) is 6.16 Å². The second-order valence-electron chi connectivity index (χ2n) is 2.73. The summed E-state index contributed by atoms with van der Waals surface area (Å²) >= 11 is 0. The third-order valence-electron chi connectivity index (χ3n) is 1.27. The molecule has 12 heavy (non-hydrogen) atoms. The molecule has 0 aliphatic carbocycles. The highest BCUT2D eigenvalue weighted by atomic mass is 31.2. The van der Waals surface area contributed by atoms with Crippen molar-refractivity contribution < 1.29 is 23.8 Å². The summed E-state index contributed by atoms with van der Waals surface area (Å²) in [5, 5.41) is 0. The lowest BCUT2D eigenvalue weighted by atomic mass is 10.4. The molecule has 0 heterocycles. The van der Waals surface area contributed by atoms with Crippen LogP contribution in [0, 0.1) is 0 Å². The summed E-state index contributed by atoms with van der Waals surface area (Å²) in [5.74, 6) is -0.889. The summed E-state index contributed by atoms with van der Waals surface area (Å²) in [4.78, 5) is 25.9. The molecule has 0 spiro atoms. The van der Waals surface area contributed by atoms with Crippen LogP contribution < -0.4 is 0 Å². The first-order valence-corrected chi connectivity index (χ1v) is 7.45. The van der Waals surface area contributed by atoms with Gasteiger partial charge in [-0.05, 0) is 6.42 Å². The van der Waals surface area contributed by atoms with Gasteiger partial charge in [-0.1, -0.05) is 13.3 Å². The van der Waals surface area contributed by atoms with Crippen molar-refractivity contribution in [1.29, 1.82) is 0 Å².